The van der Waals surface area contributed by atoms with Crippen LogP contribution >= 0.6 is 0 Å². The Morgan fingerprint density at radius 3 is 2.42 bits per heavy atom. The summed E-state index contributed by atoms with van der Waals surface area (Å²) in [6.45, 7) is 6.34. The van der Waals surface area contributed by atoms with E-state index in [1.807, 2.05) is 31.2 Å². The van der Waals surface area contributed by atoms with Gasteiger partial charge < -0.3 is 9.40 Å². The van der Waals surface area contributed by atoms with Crippen molar-refractivity contribution < 1.29 is 9.23 Å². The number of rotatable bonds is 6. The van der Waals surface area contributed by atoms with E-state index in [1.165, 1.54) is 17.7 Å². The fourth-order valence-corrected chi connectivity index (χ4v) is 3.77. The zero-order valence-corrected chi connectivity index (χ0v) is 18.0. The summed E-state index contributed by atoms with van der Waals surface area (Å²) in [5, 5.41) is 4.32. The van der Waals surface area contributed by atoms with Gasteiger partial charge in [0.25, 0.3) is 0 Å². The lowest BCUT2D eigenvalue weighted by Crippen LogP contribution is -2.03. The van der Waals surface area contributed by atoms with Crippen molar-refractivity contribution in [2.45, 2.75) is 27.4 Å². The zero-order valence-electron chi connectivity index (χ0n) is 18.0. The van der Waals surface area contributed by atoms with Gasteiger partial charge in [-0.15, -0.1) is 0 Å². The molecule has 31 heavy (non-hydrogen) atoms. The molecule has 0 saturated heterocycles. The van der Waals surface area contributed by atoms with Crippen molar-refractivity contribution in [2.24, 2.45) is 5.16 Å². The Hall–Kier alpha value is -3.66. The highest BCUT2D eigenvalue weighted by atomic mass is 19.1. The van der Waals surface area contributed by atoms with Crippen LogP contribution in [-0.4, -0.2) is 10.3 Å². The van der Waals surface area contributed by atoms with E-state index in [0.717, 1.165) is 39.5 Å². The molecule has 0 spiro atoms. The number of aromatic nitrogens is 1. The van der Waals surface area contributed by atoms with Crippen LogP contribution in [0.15, 0.2) is 90.1 Å². The van der Waals surface area contributed by atoms with Crippen LogP contribution < -0.4 is 0 Å². The Balaban J connectivity index is 1.71. The van der Waals surface area contributed by atoms with Gasteiger partial charge in [0.1, 0.15) is 12.4 Å². The molecule has 0 aliphatic heterocycles. The second-order valence-corrected chi connectivity index (χ2v) is 7.65. The monoisotopic (exact) mass is 412 g/mol. The highest BCUT2D eigenvalue weighted by Crippen LogP contribution is 2.30. The molecule has 0 saturated carbocycles. The summed E-state index contributed by atoms with van der Waals surface area (Å²) in [6, 6.07) is 27.3. The summed E-state index contributed by atoms with van der Waals surface area (Å²) >= 11 is 0. The summed E-state index contributed by atoms with van der Waals surface area (Å²) < 4.78 is 15.6. The summed E-state index contributed by atoms with van der Waals surface area (Å²) in [7, 11) is 0. The molecule has 0 amide bonds. The molecule has 156 valence electrons. The number of benzene rings is 3. The predicted molar refractivity (Wildman–Crippen MR) is 124 cm³/mol. The molecule has 4 aromatic rings. The van der Waals surface area contributed by atoms with E-state index in [0.29, 0.717) is 0 Å². The molecule has 3 aromatic carbocycles. The average Bonchev–Trinajstić information content (AvgIpc) is 3.11. The largest absolute Gasteiger partial charge is 0.391 e. The molecule has 4 rings (SSSR count). The van der Waals surface area contributed by atoms with Gasteiger partial charge in [0, 0.05) is 16.9 Å². The number of nitrogens with zero attached hydrogens (tertiary/aromatic N) is 2. The van der Waals surface area contributed by atoms with Gasteiger partial charge in [0.05, 0.1) is 11.4 Å². The van der Waals surface area contributed by atoms with Crippen LogP contribution in [-0.2, 0) is 11.4 Å². The van der Waals surface area contributed by atoms with Gasteiger partial charge in [-0.1, -0.05) is 59.8 Å². The molecule has 0 unspecified atom stereocenters. The van der Waals surface area contributed by atoms with E-state index >= 15 is 0 Å². The Bertz CT molecular complexity index is 1230. The van der Waals surface area contributed by atoms with Crippen LogP contribution in [0.3, 0.4) is 0 Å². The number of hydrogen-bond acceptors (Lipinski definition) is 2. The first kappa shape index (κ1) is 20.6. The Morgan fingerprint density at radius 2 is 1.68 bits per heavy atom. The minimum atomic E-state index is -0.277. The minimum Gasteiger partial charge on any atom is -0.391 e. The maximum atomic E-state index is 13.4. The SMILES string of the molecule is C/C(=N\OCc1cccc(F)c1)c1cc(-c2ccccc2)n(-c2cccc(C)c2)c1C. The van der Waals surface area contributed by atoms with Crippen molar-refractivity contribution >= 4 is 5.71 Å². The van der Waals surface area contributed by atoms with Gasteiger partial charge in [-0.05, 0) is 67.8 Å². The molecule has 0 aliphatic rings. The summed E-state index contributed by atoms with van der Waals surface area (Å²) in [4.78, 5) is 5.54. The lowest BCUT2D eigenvalue weighted by Gasteiger charge is -2.13. The van der Waals surface area contributed by atoms with E-state index in [4.69, 9.17) is 4.84 Å². The first-order chi connectivity index (χ1) is 15.0. The summed E-state index contributed by atoms with van der Waals surface area (Å²) in [5.41, 5.74) is 8.16. The summed E-state index contributed by atoms with van der Waals surface area (Å²) in [5.74, 6) is -0.277. The third-order valence-corrected chi connectivity index (χ3v) is 5.29. The van der Waals surface area contributed by atoms with Gasteiger partial charge in [0.15, 0.2) is 0 Å². The molecule has 0 aliphatic carbocycles. The topological polar surface area (TPSA) is 26.5 Å². The molecular formula is C27H25FN2O. The lowest BCUT2D eigenvalue weighted by molar-refractivity contribution is 0.130. The fraction of sp³-hybridized carbons (Fsp3) is 0.148. The van der Waals surface area contributed by atoms with E-state index < -0.39 is 0 Å². The third-order valence-electron chi connectivity index (χ3n) is 5.29. The lowest BCUT2D eigenvalue weighted by atomic mass is 10.1. The highest BCUT2D eigenvalue weighted by Gasteiger charge is 2.17. The van der Waals surface area contributed by atoms with Crippen molar-refractivity contribution in [3.8, 4) is 16.9 Å². The third kappa shape index (κ3) is 4.58. The molecule has 1 aromatic heterocycles. The van der Waals surface area contributed by atoms with Crippen molar-refractivity contribution in [1.82, 2.24) is 4.57 Å². The summed E-state index contributed by atoms with van der Waals surface area (Å²) in [6.07, 6.45) is 0. The molecule has 0 fully saturated rings. The van der Waals surface area contributed by atoms with Gasteiger partial charge in [0.2, 0.25) is 0 Å². The van der Waals surface area contributed by atoms with Crippen LogP contribution in [0.4, 0.5) is 4.39 Å². The first-order valence-corrected chi connectivity index (χ1v) is 10.3. The first-order valence-electron chi connectivity index (χ1n) is 10.3. The maximum absolute atomic E-state index is 13.4. The number of hydrogen-bond donors (Lipinski definition) is 0. The molecule has 0 bridgehead atoms. The van der Waals surface area contributed by atoms with Crippen molar-refractivity contribution in [3.63, 3.8) is 0 Å². The van der Waals surface area contributed by atoms with E-state index in [9.17, 15) is 4.39 Å². The number of halogens is 1. The smallest absolute Gasteiger partial charge is 0.142 e. The molecule has 3 nitrogen and oxygen atoms in total. The van der Waals surface area contributed by atoms with Gasteiger partial charge in [-0.3, -0.25) is 0 Å². The maximum Gasteiger partial charge on any atom is 0.142 e. The molecular weight excluding hydrogens is 387 g/mol. The normalized spacial score (nSPS) is 11.5. The van der Waals surface area contributed by atoms with E-state index in [-0.39, 0.29) is 12.4 Å². The Labute approximate surface area is 182 Å². The van der Waals surface area contributed by atoms with Gasteiger partial charge in [-0.25, -0.2) is 4.39 Å². The molecule has 1 heterocycles. The molecule has 0 N–H and O–H groups in total. The van der Waals surface area contributed by atoms with Crippen LogP contribution in [0.5, 0.6) is 0 Å². The van der Waals surface area contributed by atoms with E-state index in [2.05, 4.69) is 66.0 Å². The number of aryl methyl sites for hydroxylation is 1. The van der Waals surface area contributed by atoms with Crippen molar-refractivity contribution in [1.29, 1.82) is 0 Å². The second-order valence-electron chi connectivity index (χ2n) is 7.65. The molecule has 4 heteroatoms. The Morgan fingerprint density at radius 1 is 0.903 bits per heavy atom. The molecule has 0 radical (unpaired) electrons. The predicted octanol–water partition coefficient (Wildman–Crippen LogP) is 6.84. The van der Waals surface area contributed by atoms with Crippen LogP contribution in [0.2, 0.25) is 0 Å². The zero-order chi connectivity index (χ0) is 21.8. The van der Waals surface area contributed by atoms with Gasteiger partial charge in [-0.2, -0.15) is 0 Å². The van der Waals surface area contributed by atoms with Crippen molar-refractivity contribution in [3.05, 3.63) is 113 Å². The van der Waals surface area contributed by atoms with Gasteiger partial charge >= 0.3 is 0 Å². The minimum absolute atomic E-state index is 0.221. The van der Waals surface area contributed by atoms with Crippen molar-refractivity contribution in [2.75, 3.05) is 0 Å². The van der Waals surface area contributed by atoms with Crippen LogP contribution in [0.1, 0.15) is 29.3 Å². The number of oxime groups is 1. The Kier molecular flexibility index (Phi) is 5.99. The van der Waals surface area contributed by atoms with Crippen LogP contribution in [0.25, 0.3) is 16.9 Å². The molecule has 0 atom stereocenters. The quantitative estimate of drug-likeness (QED) is 0.251. The van der Waals surface area contributed by atoms with E-state index in [1.54, 1.807) is 6.07 Å². The second kappa shape index (κ2) is 9.00. The standard InChI is InChI=1S/C27H25FN2O/c1-19-9-7-14-25(15-19)30-21(3)26(17-27(30)23-11-5-4-6-12-23)20(2)29-31-18-22-10-8-13-24(28)16-22/h4-17H,18H2,1-3H3/b29-20+. The van der Waals surface area contributed by atoms with Crippen LogP contribution in [0, 0.1) is 19.7 Å². The fourth-order valence-electron chi connectivity index (χ4n) is 3.77. The highest BCUT2D eigenvalue weighted by molar-refractivity contribution is 6.01. The average molecular weight is 413 g/mol.